The Bertz CT molecular complexity index is 1180. The van der Waals surface area contributed by atoms with Gasteiger partial charge in [-0.05, 0) is 42.0 Å². The lowest BCUT2D eigenvalue weighted by Crippen LogP contribution is -2.18. The van der Waals surface area contributed by atoms with Gasteiger partial charge < -0.3 is 9.88 Å². The molecule has 6 heteroatoms. The van der Waals surface area contributed by atoms with Crippen molar-refractivity contribution in [3.05, 3.63) is 99.5 Å². The Labute approximate surface area is 158 Å². The van der Waals surface area contributed by atoms with Crippen molar-refractivity contribution in [3.8, 4) is 0 Å². The monoisotopic (exact) mass is 378 g/mol. The molecule has 2 heterocycles. The number of carbonyl (C=O) groups is 1. The Morgan fingerprint density at radius 2 is 1.85 bits per heavy atom. The molecule has 0 fully saturated rings. The highest BCUT2D eigenvalue weighted by Crippen LogP contribution is 2.28. The Balaban J connectivity index is 1.49. The number of nitrogens with one attached hydrogen (secondary N) is 1. The molecule has 134 valence electrons. The van der Waals surface area contributed by atoms with Gasteiger partial charge in [0.25, 0.3) is 11.5 Å². The van der Waals surface area contributed by atoms with E-state index in [9.17, 15) is 14.0 Å². The summed E-state index contributed by atoms with van der Waals surface area (Å²) >= 11 is 1.26. The first-order valence-electron chi connectivity index (χ1n) is 8.34. The second kappa shape index (κ2) is 7.17. The van der Waals surface area contributed by atoms with Gasteiger partial charge in [-0.2, -0.15) is 0 Å². The number of thiophene rings is 1. The molecule has 1 N–H and O–H groups in total. The smallest absolute Gasteiger partial charge is 0.265 e. The highest BCUT2D eigenvalue weighted by atomic mass is 32.1. The Hall–Kier alpha value is -3.25. The average molecular weight is 378 g/mol. The number of hydrogen-bond donors (Lipinski definition) is 1. The van der Waals surface area contributed by atoms with E-state index < -0.39 is 0 Å². The Morgan fingerprint density at radius 1 is 1.04 bits per heavy atom. The summed E-state index contributed by atoms with van der Waals surface area (Å²) in [6, 6.07) is 18.7. The molecule has 0 aliphatic carbocycles. The summed E-state index contributed by atoms with van der Waals surface area (Å²) in [6.07, 6.45) is 1.73. The van der Waals surface area contributed by atoms with Gasteiger partial charge in [0, 0.05) is 28.0 Å². The molecule has 2 aromatic heterocycles. The van der Waals surface area contributed by atoms with Gasteiger partial charge >= 0.3 is 0 Å². The van der Waals surface area contributed by atoms with Gasteiger partial charge in [-0.3, -0.25) is 9.59 Å². The van der Waals surface area contributed by atoms with E-state index in [4.69, 9.17) is 0 Å². The van der Waals surface area contributed by atoms with Gasteiger partial charge in [-0.25, -0.2) is 4.39 Å². The van der Waals surface area contributed by atoms with Crippen molar-refractivity contribution in [1.82, 2.24) is 4.57 Å². The molecule has 27 heavy (non-hydrogen) atoms. The number of halogens is 1. The number of benzene rings is 2. The van der Waals surface area contributed by atoms with E-state index in [-0.39, 0.29) is 17.3 Å². The molecule has 4 nitrogen and oxygen atoms in total. The number of pyridine rings is 1. The van der Waals surface area contributed by atoms with Crippen LogP contribution in [-0.4, -0.2) is 10.5 Å². The number of aromatic nitrogens is 1. The van der Waals surface area contributed by atoms with E-state index in [1.807, 2.05) is 18.2 Å². The standard InChI is InChI=1S/C21H15FN2O2S/c22-17-4-3-5-18-16(17)12-19(27-18)21(26)23-15-9-7-14(8-10-15)13-24-11-2-1-6-20(24)25/h1-12H,13H2,(H,23,26). The average Bonchev–Trinajstić information content (AvgIpc) is 3.11. The molecule has 0 saturated carbocycles. The molecule has 0 radical (unpaired) electrons. The van der Waals surface area contributed by atoms with Gasteiger partial charge in [0.2, 0.25) is 0 Å². The maximum Gasteiger partial charge on any atom is 0.265 e. The Kier molecular flexibility index (Phi) is 4.56. The van der Waals surface area contributed by atoms with Crippen LogP contribution in [0.3, 0.4) is 0 Å². The van der Waals surface area contributed by atoms with Crippen molar-refractivity contribution >= 4 is 33.0 Å². The SMILES string of the molecule is O=C(Nc1ccc(Cn2ccccc2=O)cc1)c1cc2c(F)cccc2s1. The van der Waals surface area contributed by atoms with E-state index in [1.165, 1.54) is 23.5 Å². The van der Waals surface area contributed by atoms with E-state index >= 15 is 0 Å². The van der Waals surface area contributed by atoms with E-state index in [2.05, 4.69) is 5.32 Å². The first-order chi connectivity index (χ1) is 13.1. The summed E-state index contributed by atoms with van der Waals surface area (Å²) in [5.41, 5.74) is 1.53. The van der Waals surface area contributed by atoms with Gasteiger partial charge in [0.1, 0.15) is 5.82 Å². The summed E-state index contributed by atoms with van der Waals surface area (Å²) in [6.45, 7) is 0.462. The highest BCUT2D eigenvalue weighted by molar-refractivity contribution is 7.20. The first-order valence-corrected chi connectivity index (χ1v) is 9.15. The van der Waals surface area contributed by atoms with Crippen molar-refractivity contribution in [1.29, 1.82) is 0 Å². The van der Waals surface area contributed by atoms with Crippen molar-refractivity contribution in [2.45, 2.75) is 6.54 Å². The minimum absolute atomic E-state index is 0.0631. The molecule has 1 amide bonds. The topological polar surface area (TPSA) is 51.1 Å². The minimum Gasteiger partial charge on any atom is -0.321 e. The lowest BCUT2D eigenvalue weighted by molar-refractivity contribution is 0.103. The summed E-state index contributed by atoms with van der Waals surface area (Å²) in [5.74, 6) is -0.606. The fourth-order valence-corrected chi connectivity index (χ4v) is 3.78. The molecule has 2 aromatic carbocycles. The molecular formula is C21H15FN2O2S. The van der Waals surface area contributed by atoms with Crippen LogP contribution in [0.4, 0.5) is 10.1 Å². The second-order valence-corrected chi connectivity index (χ2v) is 7.16. The molecule has 0 unspecified atom stereocenters. The van der Waals surface area contributed by atoms with Crippen LogP contribution in [0.25, 0.3) is 10.1 Å². The van der Waals surface area contributed by atoms with Crippen LogP contribution < -0.4 is 10.9 Å². The van der Waals surface area contributed by atoms with E-state index in [0.29, 0.717) is 22.5 Å². The zero-order chi connectivity index (χ0) is 18.8. The number of amides is 1. The molecule has 0 bridgehead atoms. The molecule has 4 rings (SSSR count). The van der Waals surface area contributed by atoms with E-state index in [1.54, 1.807) is 47.2 Å². The number of fused-ring (bicyclic) bond motifs is 1. The normalized spacial score (nSPS) is 10.9. The van der Waals surface area contributed by atoms with Crippen LogP contribution in [0.2, 0.25) is 0 Å². The zero-order valence-electron chi connectivity index (χ0n) is 14.2. The lowest BCUT2D eigenvalue weighted by Gasteiger charge is -2.07. The molecule has 0 aliphatic heterocycles. The minimum atomic E-state index is -0.330. The first kappa shape index (κ1) is 17.2. The van der Waals surface area contributed by atoms with Gasteiger partial charge in [0.05, 0.1) is 11.4 Å². The third-order valence-electron chi connectivity index (χ3n) is 4.20. The predicted molar refractivity (Wildman–Crippen MR) is 106 cm³/mol. The van der Waals surface area contributed by atoms with Crippen LogP contribution >= 0.6 is 11.3 Å². The van der Waals surface area contributed by atoms with Crippen LogP contribution in [0.15, 0.2) is 77.7 Å². The number of hydrogen-bond acceptors (Lipinski definition) is 3. The predicted octanol–water partition coefficient (Wildman–Crippen LogP) is 4.50. The van der Waals surface area contributed by atoms with Crippen LogP contribution in [0.1, 0.15) is 15.2 Å². The quantitative estimate of drug-likeness (QED) is 0.568. The summed E-state index contributed by atoms with van der Waals surface area (Å²) in [4.78, 5) is 24.7. The van der Waals surface area contributed by atoms with Crippen LogP contribution in [0.5, 0.6) is 0 Å². The third-order valence-corrected chi connectivity index (χ3v) is 5.29. The molecule has 0 spiro atoms. The van der Waals surface area contributed by atoms with Crippen LogP contribution in [-0.2, 0) is 6.54 Å². The molecule has 0 saturated heterocycles. The fraction of sp³-hybridized carbons (Fsp3) is 0.0476. The zero-order valence-corrected chi connectivity index (χ0v) is 15.0. The highest BCUT2D eigenvalue weighted by Gasteiger charge is 2.12. The number of rotatable bonds is 4. The van der Waals surface area contributed by atoms with Crippen LogP contribution in [0, 0.1) is 5.82 Å². The van der Waals surface area contributed by atoms with Crippen molar-refractivity contribution < 1.29 is 9.18 Å². The maximum atomic E-state index is 13.8. The Morgan fingerprint density at radius 3 is 2.59 bits per heavy atom. The molecule has 0 aliphatic rings. The fourth-order valence-electron chi connectivity index (χ4n) is 2.81. The number of anilines is 1. The van der Waals surface area contributed by atoms with Gasteiger partial charge in [-0.1, -0.05) is 24.3 Å². The number of nitrogens with zero attached hydrogens (tertiary/aromatic N) is 1. The molecule has 4 aromatic rings. The lowest BCUT2D eigenvalue weighted by atomic mass is 10.2. The van der Waals surface area contributed by atoms with Crippen molar-refractivity contribution in [2.75, 3.05) is 5.32 Å². The summed E-state index contributed by atoms with van der Waals surface area (Å²) in [5, 5.41) is 3.28. The van der Waals surface area contributed by atoms with Gasteiger partial charge in [-0.15, -0.1) is 11.3 Å². The summed E-state index contributed by atoms with van der Waals surface area (Å²) < 4.78 is 16.1. The van der Waals surface area contributed by atoms with Gasteiger partial charge in [0.15, 0.2) is 0 Å². The van der Waals surface area contributed by atoms with Crippen molar-refractivity contribution in [2.24, 2.45) is 0 Å². The largest absolute Gasteiger partial charge is 0.321 e. The molecule has 0 atom stereocenters. The maximum absolute atomic E-state index is 13.8. The number of carbonyl (C=O) groups excluding carboxylic acids is 1. The molecular weight excluding hydrogens is 363 g/mol. The summed E-state index contributed by atoms with van der Waals surface area (Å²) in [7, 11) is 0. The third kappa shape index (κ3) is 3.66. The second-order valence-electron chi connectivity index (χ2n) is 6.08. The van der Waals surface area contributed by atoms with E-state index in [0.717, 1.165) is 10.3 Å². The van der Waals surface area contributed by atoms with Crippen molar-refractivity contribution in [3.63, 3.8) is 0 Å².